The molecule has 2 aromatic rings. The van der Waals surface area contributed by atoms with E-state index in [4.69, 9.17) is 11.6 Å². The summed E-state index contributed by atoms with van der Waals surface area (Å²) in [5.74, 6) is 0.577. The summed E-state index contributed by atoms with van der Waals surface area (Å²) in [5, 5.41) is 6.46. The van der Waals surface area contributed by atoms with Crippen LogP contribution in [0.5, 0.6) is 0 Å². The molecule has 142 valence electrons. The van der Waals surface area contributed by atoms with E-state index in [0.29, 0.717) is 22.2 Å². The van der Waals surface area contributed by atoms with Gasteiger partial charge in [-0.15, -0.1) is 0 Å². The van der Waals surface area contributed by atoms with E-state index in [1.165, 1.54) is 0 Å². The number of carbonyl (C=O) groups is 2. The van der Waals surface area contributed by atoms with E-state index in [-0.39, 0.29) is 18.4 Å². The number of amides is 2. The van der Waals surface area contributed by atoms with Crippen molar-refractivity contribution in [2.45, 2.75) is 19.8 Å². The minimum absolute atomic E-state index is 0.0578. The summed E-state index contributed by atoms with van der Waals surface area (Å²) >= 11 is 5.92. The van der Waals surface area contributed by atoms with Crippen molar-refractivity contribution in [1.29, 1.82) is 0 Å². The first-order valence-electron chi connectivity index (χ1n) is 9.20. The van der Waals surface area contributed by atoms with E-state index in [1.54, 1.807) is 36.4 Å². The fourth-order valence-electron chi connectivity index (χ4n) is 3.08. The Hall–Kier alpha value is -2.53. The lowest BCUT2D eigenvalue weighted by Gasteiger charge is -2.30. The van der Waals surface area contributed by atoms with Gasteiger partial charge in [0.05, 0.1) is 6.54 Å². The quantitative estimate of drug-likeness (QED) is 0.808. The molecule has 2 N–H and O–H groups in total. The van der Waals surface area contributed by atoms with Gasteiger partial charge in [-0.2, -0.15) is 0 Å². The number of halogens is 1. The van der Waals surface area contributed by atoms with Crippen LogP contribution in [0, 0.1) is 5.92 Å². The zero-order valence-corrected chi connectivity index (χ0v) is 16.1. The van der Waals surface area contributed by atoms with Crippen LogP contribution in [0.3, 0.4) is 0 Å². The molecule has 2 amide bonds. The van der Waals surface area contributed by atoms with Crippen molar-refractivity contribution in [3.8, 4) is 0 Å². The fourth-order valence-corrected chi connectivity index (χ4v) is 3.27. The van der Waals surface area contributed by atoms with Gasteiger partial charge in [0.15, 0.2) is 0 Å². The molecule has 0 aliphatic carbocycles. The average Bonchev–Trinajstić information content (AvgIpc) is 2.67. The number of rotatable bonds is 5. The minimum Gasteiger partial charge on any atom is -0.376 e. The number of benzene rings is 2. The van der Waals surface area contributed by atoms with Gasteiger partial charge in [0.25, 0.3) is 5.91 Å². The number of nitrogens with one attached hydrogen (secondary N) is 2. The van der Waals surface area contributed by atoms with Crippen molar-refractivity contribution in [2.75, 3.05) is 30.3 Å². The lowest BCUT2D eigenvalue weighted by atomic mass is 9.98. The van der Waals surface area contributed by atoms with Gasteiger partial charge in [0, 0.05) is 35.1 Å². The number of likely N-dealkylation sites (tertiary alicyclic amines) is 1. The van der Waals surface area contributed by atoms with Crippen LogP contribution in [0.1, 0.15) is 30.1 Å². The third-order valence-corrected chi connectivity index (χ3v) is 5.00. The molecule has 0 aromatic heterocycles. The van der Waals surface area contributed by atoms with E-state index >= 15 is 0 Å². The van der Waals surface area contributed by atoms with Crippen molar-refractivity contribution >= 4 is 34.8 Å². The maximum Gasteiger partial charge on any atom is 0.253 e. The Labute approximate surface area is 164 Å². The number of piperidine rings is 1. The van der Waals surface area contributed by atoms with Gasteiger partial charge in [-0.25, -0.2) is 0 Å². The largest absolute Gasteiger partial charge is 0.376 e. The minimum atomic E-state index is -0.168. The van der Waals surface area contributed by atoms with Gasteiger partial charge in [-0.1, -0.05) is 24.6 Å². The molecule has 1 aliphatic heterocycles. The average molecular weight is 386 g/mol. The van der Waals surface area contributed by atoms with Gasteiger partial charge >= 0.3 is 0 Å². The zero-order chi connectivity index (χ0) is 19.2. The van der Waals surface area contributed by atoms with Crippen molar-refractivity contribution in [3.05, 3.63) is 59.1 Å². The van der Waals surface area contributed by atoms with Crippen LogP contribution in [0.4, 0.5) is 11.4 Å². The van der Waals surface area contributed by atoms with Gasteiger partial charge in [-0.3, -0.25) is 9.59 Å². The second-order valence-corrected chi connectivity index (χ2v) is 7.40. The molecule has 6 heteroatoms. The topological polar surface area (TPSA) is 61.4 Å². The molecular formula is C21H24ClN3O2. The molecule has 0 unspecified atom stereocenters. The molecular weight excluding hydrogens is 362 g/mol. The molecule has 2 aromatic carbocycles. The summed E-state index contributed by atoms with van der Waals surface area (Å²) in [4.78, 5) is 26.5. The van der Waals surface area contributed by atoms with E-state index in [0.717, 1.165) is 31.6 Å². The molecule has 1 heterocycles. The summed E-state index contributed by atoms with van der Waals surface area (Å²) in [5.41, 5.74) is 2.10. The van der Waals surface area contributed by atoms with Crippen LogP contribution < -0.4 is 10.6 Å². The van der Waals surface area contributed by atoms with Crippen LogP contribution in [0.15, 0.2) is 48.5 Å². The highest BCUT2D eigenvalue weighted by atomic mass is 35.5. The number of anilines is 2. The molecule has 1 aliphatic rings. The Morgan fingerprint density at radius 3 is 2.44 bits per heavy atom. The molecule has 0 atom stereocenters. The van der Waals surface area contributed by atoms with E-state index in [1.807, 2.05) is 17.0 Å². The zero-order valence-electron chi connectivity index (χ0n) is 15.4. The van der Waals surface area contributed by atoms with Crippen molar-refractivity contribution in [2.24, 2.45) is 5.92 Å². The van der Waals surface area contributed by atoms with Gasteiger partial charge in [0.1, 0.15) is 0 Å². The van der Waals surface area contributed by atoms with Gasteiger partial charge in [-0.05, 0) is 61.2 Å². The van der Waals surface area contributed by atoms with Gasteiger partial charge < -0.3 is 15.5 Å². The molecule has 0 spiro atoms. The second kappa shape index (κ2) is 8.91. The number of carbonyl (C=O) groups excluding carboxylic acids is 2. The van der Waals surface area contributed by atoms with Crippen LogP contribution in [-0.4, -0.2) is 36.3 Å². The standard InChI is InChI=1S/C21H24ClN3O2/c1-15-9-11-25(12-10-15)21(27)16-5-7-18(8-6-16)24-20(26)14-23-19-4-2-3-17(22)13-19/h2-8,13,15,23H,9-12,14H2,1H3,(H,24,26). The third kappa shape index (κ3) is 5.47. The molecule has 1 saturated heterocycles. The maximum absolute atomic E-state index is 12.5. The van der Waals surface area contributed by atoms with Gasteiger partial charge in [0.2, 0.25) is 5.91 Å². The van der Waals surface area contributed by atoms with E-state index in [9.17, 15) is 9.59 Å². The lowest BCUT2D eigenvalue weighted by Crippen LogP contribution is -2.37. The predicted octanol–water partition coefficient (Wildman–Crippen LogP) is 4.26. The first kappa shape index (κ1) is 19.2. The SMILES string of the molecule is CC1CCN(C(=O)c2ccc(NC(=O)CNc3cccc(Cl)c3)cc2)CC1. The number of nitrogens with zero attached hydrogens (tertiary/aromatic N) is 1. The molecule has 1 fully saturated rings. The summed E-state index contributed by atoms with van der Waals surface area (Å²) < 4.78 is 0. The summed E-state index contributed by atoms with van der Waals surface area (Å²) in [6.45, 7) is 3.98. The molecule has 27 heavy (non-hydrogen) atoms. The molecule has 3 rings (SSSR count). The van der Waals surface area contributed by atoms with Crippen LogP contribution in [0.2, 0.25) is 5.02 Å². The molecule has 0 saturated carbocycles. The first-order valence-corrected chi connectivity index (χ1v) is 9.57. The maximum atomic E-state index is 12.5. The highest BCUT2D eigenvalue weighted by molar-refractivity contribution is 6.30. The fraction of sp³-hybridized carbons (Fsp3) is 0.333. The number of hydrogen-bond acceptors (Lipinski definition) is 3. The Bertz CT molecular complexity index is 799. The Morgan fingerprint density at radius 2 is 1.78 bits per heavy atom. The summed E-state index contributed by atoms with van der Waals surface area (Å²) in [6.07, 6.45) is 2.11. The normalized spacial score (nSPS) is 14.7. The second-order valence-electron chi connectivity index (χ2n) is 6.96. The van der Waals surface area contributed by atoms with Crippen molar-refractivity contribution in [1.82, 2.24) is 4.90 Å². The van der Waals surface area contributed by atoms with Crippen LogP contribution in [0.25, 0.3) is 0 Å². The molecule has 0 bridgehead atoms. The summed E-state index contributed by atoms with van der Waals surface area (Å²) in [6, 6.07) is 14.3. The van der Waals surface area contributed by atoms with Crippen LogP contribution >= 0.6 is 11.6 Å². The Kier molecular flexibility index (Phi) is 6.35. The highest BCUT2D eigenvalue weighted by Crippen LogP contribution is 2.19. The Morgan fingerprint density at radius 1 is 1.07 bits per heavy atom. The van der Waals surface area contributed by atoms with Crippen molar-refractivity contribution < 1.29 is 9.59 Å². The monoisotopic (exact) mass is 385 g/mol. The molecule has 0 radical (unpaired) electrons. The third-order valence-electron chi connectivity index (χ3n) is 4.76. The highest BCUT2D eigenvalue weighted by Gasteiger charge is 2.21. The van der Waals surface area contributed by atoms with E-state index < -0.39 is 0 Å². The van der Waals surface area contributed by atoms with Crippen LogP contribution in [-0.2, 0) is 4.79 Å². The van der Waals surface area contributed by atoms with E-state index in [2.05, 4.69) is 17.6 Å². The lowest BCUT2D eigenvalue weighted by molar-refractivity contribution is -0.114. The summed E-state index contributed by atoms with van der Waals surface area (Å²) in [7, 11) is 0. The smallest absolute Gasteiger partial charge is 0.253 e. The first-order chi connectivity index (χ1) is 13.0. The number of hydrogen-bond donors (Lipinski definition) is 2. The Balaban J connectivity index is 1.51. The van der Waals surface area contributed by atoms with Crippen molar-refractivity contribution in [3.63, 3.8) is 0 Å². The predicted molar refractivity (Wildman–Crippen MR) is 109 cm³/mol. The molecule has 5 nitrogen and oxygen atoms in total.